The zero-order chi connectivity index (χ0) is 21.3. The normalized spacial score (nSPS) is 14.3. The number of ether oxygens (including phenoxy) is 1. The van der Waals surface area contributed by atoms with Crippen LogP contribution in [-0.2, 0) is 18.6 Å². The van der Waals surface area contributed by atoms with E-state index in [1.807, 2.05) is 0 Å². The summed E-state index contributed by atoms with van der Waals surface area (Å²) in [6, 6.07) is 13.4. The maximum absolute atomic E-state index is 13.7. The van der Waals surface area contributed by atoms with Gasteiger partial charge in [-0.05, 0) is 31.2 Å². The van der Waals surface area contributed by atoms with Crippen molar-refractivity contribution in [3.8, 4) is 0 Å². The molecular weight excluding hydrogens is 421 g/mol. The van der Waals surface area contributed by atoms with Crippen LogP contribution >= 0.6 is 19.0 Å². The summed E-state index contributed by atoms with van der Waals surface area (Å²) in [5.41, 5.74) is 0.119. The van der Waals surface area contributed by atoms with Crippen molar-refractivity contribution in [1.82, 2.24) is 0 Å². The molecule has 2 aromatic rings. The third-order valence-electron chi connectivity index (χ3n) is 3.64. The first-order chi connectivity index (χ1) is 13.9. The van der Waals surface area contributed by atoms with Gasteiger partial charge in [-0.15, -0.1) is 11.6 Å². The third kappa shape index (κ3) is 5.93. The van der Waals surface area contributed by atoms with E-state index >= 15 is 0 Å². The maximum Gasteiger partial charge on any atom is 0.343 e. The Kier molecular flexibility index (Phi) is 8.45. The first-order valence-corrected chi connectivity index (χ1v) is 10.8. The molecule has 0 spiro atoms. The highest BCUT2D eigenvalue weighted by Gasteiger charge is 2.43. The Hall–Kier alpha value is -2.61. The summed E-state index contributed by atoms with van der Waals surface area (Å²) in [5, 5.41) is 18.9. The van der Waals surface area contributed by atoms with Gasteiger partial charge in [0, 0.05) is 23.3 Å². The zero-order valence-electron chi connectivity index (χ0n) is 15.5. The lowest BCUT2D eigenvalue weighted by Crippen LogP contribution is -2.28. The van der Waals surface area contributed by atoms with Crippen molar-refractivity contribution >= 4 is 41.6 Å². The second-order valence-electron chi connectivity index (χ2n) is 5.57. The molecule has 11 heteroatoms. The largest absolute Gasteiger partial charge is 0.464 e. The van der Waals surface area contributed by atoms with Crippen molar-refractivity contribution in [3.63, 3.8) is 0 Å². The lowest BCUT2D eigenvalue weighted by atomic mass is 10.3. The molecule has 0 N–H and O–H groups in total. The maximum atomic E-state index is 13.7. The SMILES string of the molecule is CCOC(=O)[C@H](N=Nc1ccc([N+](=O)[O-])cc1)[P@](=O)(OCCCl)c1ccccc1. The summed E-state index contributed by atoms with van der Waals surface area (Å²) in [6.45, 7) is 1.58. The average molecular weight is 440 g/mol. The van der Waals surface area contributed by atoms with Gasteiger partial charge in [0.25, 0.3) is 13.1 Å². The standard InChI is InChI=1S/C18H19ClN3O6P/c1-2-27-18(23)17(21-20-14-8-10-15(11-9-14)22(24)25)29(26,28-13-12-19)16-6-4-3-5-7-16/h3-11,17H,2,12-13H2,1H3/t17-,29-/m1/s1. The first kappa shape index (κ1) is 22.7. The Balaban J connectivity index is 2.44. The predicted molar refractivity (Wildman–Crippen MR) is 108 cm³/mol. The number of nitrogens with zero attached hydrogens (tertiary/aromatic N) is 3. The van der Waals surface area contributed by atoms with Crippen LogP contribution in [0, 0.1) is 10.1 Å². The summed E-state index contributed by atoms with van der Waals surface area (Å²) in [6.07, 6.45) is 0. The number of hydrogen-bond donors (Lipinski definition) is 0. The van der Waals surface area contributed by atoms with Gasteiger partial charge < -0.3 is 9.26 Å². The van der Waals surface area contributed by atoms with E-state index in [1.165, 1.54) is 24.3 Å². The van der Waals surface area contributed by atoms with Crippen LogP contribution in [0.5, 0.6) is 0 Å². The monoisotopic (exact) mass is 439 g/mol. The number of nitro benzene ring substituents is 1. The molecule has 0 aliphatic carbocycles. The Labute approximate surface area is 172 Å². The van der Waals surface area contributed by atoms with Gasteiger partial charge in [0.15, 0.2) is 0 Å². The van der Waals surface area contributed by atoms with Crippen LogP contribution in [0.3, 0.4) is 0 Å². The zero-order valence-corrected chi connectivity index (χ0v) is 17.2. The number of carbonyl (C=O) groups excluding carboxylic acids is 1. The molecule has 0 aliphatic heterocycles. The van der Waals surface area contributed by atoms with Gasteiger partial charge in [-0.2, -0.15) is 10.2 Å². The third-order valence-corrected chi connectivity index (χ3v) is 6.34. The number of esters is 1. The minimum Gasteiger partial charge on any atom is -0.464 e. The second kappa shape index (κ2) is 10.8. The number of benzene rings is 2. The molecule has 0 saturated carbocycles. The Morgan fingerprint density at radius 3 is 2.41 bits per heavy atom. The molecule has 9 nitrogen and oxygen atoms in total. The van der Waals surface area contributed by atoms with Gasteiger partial charge in [0.05, 0.1) is 23.8 Å². The molecule has 0 aromatic heterocycles. The molecule has 0 heterocycles. The molecule has 0 radical (unpaired) electrons. The van der Waals surface area contributed by atoms with E-state index in [0.29, 0.717) is 0 Å². The first-order valence-electron chi connectivity index (χ1n) is 8.60. The number of nitro groups is 1. The van der Waals surface area contributed by atoms with Crippen LogP contribution in [0.2, 0.25) is 0 Å². The van der Waals surface area contributed by atoms with Crippen molar-refractivity contribution in [2.75, 3.05) is 19.1 Å². The van der Waals surface area contributed by atoms with Crippen LogP contribution in [0.15, 0.2) is 64.8 Å². The molecule has 0 saturated heterocycles. The fourth-order valence-electron chi connectivity index (χ4n) is 2.33. The van der Waals surface area contributed by atoms with Crippen LogP contribution in [0.1, 0.15) is 6.92 Å². The van der Waals surface area contributed by atoms with E-state index in [4.69, 9.17) is 20.9 Å². The van der Waals surface area contributed by atoms with Gasteiger partial charge in [-0.1, -0.05) is 18.2 Å². The number of hydrogen-bond acceptors (Lipinski definition) is 8. The van der Waals surface area contributed by atoms with Crippen molar-refractivity contribution in [2.24, 2.45) is 10.2 Å². The van der Waals surface area contributed by atoms with Gasteiger partial charge in [0.1, 0.15) is 0 Å². The van der Waals surface area contributed by atoms with E-state index in [9.17, 15) is 19.5 Å². The number of alkyl halides is 1. The van der Waals surface area contributed by atoms with Crippen LogP contribution in [0.4, 0.5) is 11.4 Å². The smallest absolute Gasteiger partial charge is 0.343 e. The quantitative estimate of drug-likeness (QED) is 0.135. The molecular formula is C18H19ClN3O6P. The van der Waals surface area contributed by atoms with E-state index in [1.54, 1.807) is 37.3 Å². The van der Waals surface area contributed by atoms with Gasteiger partial charge >= 0.3 is 5.97 Å². The lowest BCUT2D eigenvalue weighted by Gasteiger charge is -2.22. The fraction of sp³-hybridized carbons (Fsp3) is 0.278. The molecule has 2 rings (SSSR count). The summed E-state index contributed by atoms with van der Waals surface area (Å²) >= 11 is 5.68. The van der Waals surface area contributed by atoms with E-state index in [-0.39, 0.29) is 35.8 Å². The van der Waals surface area contributed by atoms with E-state index < -0.39 is 24.0 Å². The summed E-state index contributed by atoms with van der Waals surface area (Å²) < 4.78 is 24.3. The Morgan fingerprint density at radius 2 is 1.86 bits per heavy atom. The van der Waals surface area contributed by atoms with Crippen molar-refractivity contribution in [1.29, 1.82) is 0 Å². The van der Waals surface area contributed by atoms with Gasteiger partial charge in [-0.3, -0.25) is 14.7 Å². The number of rotatable bonds is 10. The minimum atomic E-state index is -3.87. The van der Waals surface area contributed by atoms with Crippen molar-refractivity contribution in [3.05, 3.63) is 64.7 Å². The average Bonchev–Trinajstić information content (AvgIpc) is 2.73. The highest BCUT2D eigenvalue weighted by molar-refractivity contribution is 7.68. The van der Waals surface area contributed by atoms with Crippen LogP contribution < -0.4 is 5.30 Å². The molecule has 0 unspecified atom stereocenters. The number of halogens is 1. The molecule has 0 amide bonds. The number of non-ortho nitro benzene ring substituents is 1. The molecule has 0 fully saturated rings. The molecule has 0 bridgehead atoms. The van der Waals surface area contributed by atoms with E-state index in [0.717, 1.165) is 0 Å². The molecule has 2 atom stereocenters. The molecule has 154 valence electrons. The Bertz CT molecular complexity index is 908. The fourth-order valence-corrected chi connectivity index (χ4v) is 4.57. The summed E-state index contributed by atoms with van der Waals surface area (Å²) in [4.78, 5) is 22.7. The van der Waals surface area contributed by atoms with Crippen molar-refractivity contribution in [2.45, 2.75) is 12.7 Å². The van der Waals surface area contributed by atoms with E-state index in [2.05, 4.69) is 10.2 Å². The highest BCUT2D eigenvalue weighted by Crippen LogP contribution is 2.52. The topological polar surface area (TPSA) is 120 Å². The van der Waals surface area contributed by atoms with Gasteiger partial charge in [-0.25, -0.2) is 4.79 Å². The van der Waals surface area contributed by atoms with Crippen LogP contribution in [0.25, 0.3) is 0 Å². The molecule has 29 heavy (non-hydrogen) atoms. The number of carbonyl (C=O) groups is 1. The lowest BCUT2D eigenvalue weighted by molar-refractivity contribution is -0.384. The predicted octanol–water partition coefficient (Wildman–Crippen LogP) is 4.43. The summed E-state index contributed by atoms with van der Waals surface area (Å²) in [7, 11) is -3.87. The number of azo groups is 1. The highest BCUT2D eigenvalue weighted by atomic mass is 35.5. The Morgan fingerprint density at radius 1 is 1.21 bits per heavy atom. The van der Waals surface area contributed by atoms with Crippen molar-refractivity contribution < 1.29 is 23.5 Å². The molecule has 0 aliphatic rings. The molecule has 2 aromatic carbocycles. The van der Waals surface area contributed by atoms with Crippen LogP contribution in [-0.4, -0.2) is 35.8 Å². The van der Waals surface area contributed by atoms with Gasteiger partial charge in [0.2, 0.25) is 5.78 Å². The second-order valence-corrected chi connectivity index (χ2v) is 8.41. The summed E-state index contributed by atoms with van der Waals surface area (Å²) in [5.74, 6) is -2.35. The minimum absolute atomic E-state index is 0.0483.